The number of aryl methyl sites for hydroxylation is 1. The summed E-state index contributed by atoms with van der Waals surface area (Å²) in [7, 11) is 0. The van der Waals surface area contributed by atoms with E-state index in [0.29, 0.717) is 12.1 Å². The SMILES string of the molecule is CCc1ccc(C(=O)NCc2ccc(Cn3cnc4ccccc43)cc2)cc1. The second-order valence-electron chi connectivity index (χ2n) is 6.91. The van der Waals surface area contributed by atoms with Crippen LogP contribution >= 0.6 is 0 Å². The highest BCUT2D eigenvalue weighted by Crippen LogP contribution is 2.14. The Morgan fingerprint density at radius 3 is 2.32 bits per heavy atom. The van der Waals surface area contributed by atoms with Crippen molar-refractivity contribution in [3.05, 3.63) is 101 Å². The van der Waals surface area contributed by atoms with Crippen molar-refractivity contribution in [1.82, 2.24) is 14.9 Å². The molecule has 4 nitrogen and oxygen atoms in total. The van der Waals surface area contributed by atoms with Gasteiger partial charge >= 0.3 is 0 Å². The lowest BCUT2D eigenvalue weighted by Crippen LogP contribution is -2.22. The first kappa shape index (κ1) is 18.0. The number of amides is 1. The quantitative estimate of drug-likeness (QED) is 0.541. The molecule has 0 aliphatic carbocycles. The van der Waals surface area contributed by atoms with Crippen LogP contribution in [0, 0.1) is 0 Å². The lowest BCUT2D eigenvalue weighted by Gasteiger charge is -2.08. The van der Waals surface area contributed by atoms with Crippen molar-refractivity contribution in [2.24, 2.45) is 0 Å². The van der Waals surface area contributed by atoms with Gasteiger partial charge in [-0.1, -0.05) is 55.5 Å². The van der Waals surface area contributed by atoms with Gasteiger partial charge in [0, 0.05) is 18.7 Å². The van der Waals surface area contributed by atoms with Crippen molar-refractivity contribution in [2.75, 3.05) is 0 Å². The molecule has 140 valence electrons. The van der Waals surface area contributed by atoms with Crippen LogP contribution in [0.25, 0.3) is 11.0 Å². The minimum absolute atomic E-state index is 0.0448. The Bertz CT molecular complexity index is 1080. The van der Waals surface area contributed by atoms with E-state index >= 15 is 0 Å². The highest BCUT2D eigenvalue weighted by atomic mass is 16.1. The summed E-state index contributed by atoms with van der Waals surface area (Å²) in [6.45, 7) is 3.40. The number of carbonyl (C=O) groups excluding carboxylic acids is 1. The highest BCUT2D eigenvalue weighted by Gasteiger charge is 2.06. The van der Waals surface area contributed by atoms with Crippen LogP contribution in [-0.4, -0.2) is 15.5 Å². The molecule has 4 aromatic rings. The monoisotopic (exact) mass is 369 g/mol. The molecule has 1 heterocycles. The molecule has 0 unspecified atom stereocenters. The summed E-state index contributed by atoms with van der Waals surface area (Å²) in [4.78, 5) is 16.7. The molecule has 0 radical (unpaired) electrons. The predicted octanol–water partition coefficient (Wildman–Crippen LogP) is 4.58. The summed E-state index contributed by atoms with van der Waals surface area (Å²) in [5.41, 5.74) is 6.35. The third kappa shape index (κ3) is 3.96. The van der Waals surface area contributed by atoms with Crippen molar-refractivity contribution in [3.63, 3.8) is 0 Å². The Balaban J connectivity index is 1.37. The molecule has 1 aromatic heterocycles. The maximum atomic E-state index is 12.3. The van der Waals surface area contributed by atoms with Gasteiger partial charge in [-0.2, -0.15) is 0 Å². The number of carbonyl (C=O) groups is 1. The number of hydrogen-bond donors (Lipinski definition) is 1. The summed E-state index contributed by atoms with van der Waals surface area (Å²) in [5.74, 6) is -0.0448. The normalized spacial score (nSPS) is 10.9. The topological polar surface area (TPSA) is 46.9 Å². The second kappa shape index (κ2) is 8.09. The van der Waals surface area contributed by atoms with Crippen LogP contribution in [0.5, 0.6) is 0 Å². The van der Waals surface area contributed by atoms with Gasteiger partial charge in [-0.25, -0.2) is 4.98 Å². The first-order valence-corrected chi connectivity index (χ1v) is 9.58. The number of hydrogen-bond acceptors (Lipinski definition) is 2. The summed E-state index contributed by atoms with van der Waals surface area (Å²) in [6, 6.07) is 24.2. The van der Waals surface area contributed by atoms with Crippen LogP contribution in [-0.2, 0) is 19.5 Å². The van der Waals surface area contributed by atoms with E-state index in [2.05, 4.69) is 52.1 Å². The zero-order valence-electron chi connectivity index (χ0n) is 15.9. The number of nitrogens with zero attached hydrogens (tertiary/aromatic N) is 2. The average Bonchev–Trinajstić information content (AvgIpc) is 3.16. The fraction of sp³-hybridized carbons (Fsp3) is 0.167. The number of para-hydroxylation sites is 2. The van der Waals surface area contributed by atoms with E-state index in [1.54, 1.807) is 0 Å². The third-order valence-corrected chi connectivity index (χ3v) is 4.98. The molecule has 1 amide bonds. The fourth-order valence-corrected chi connectivity index (χ4v) is 3.27. The van der Waals surface area contributed by atoms with E-state index in [-0.39, 0.29) is 5.91 Å². The van der Waals surface area contributed by atoms with E-state index in [1.807, 2.05) is 48.8 Å². The second-order valence-corrected chi connectivity index (χ2v) is 6.91. The van der Waals surface area contributed by atoms with E-state index in [9.17, 15) is 4.79 Å². The van der Waals surface area contributed by atoms with Crippen LogP contribution < -0.4 is 5.32 Å². The molecule has 0 saturated heterocycles. The summed E-state index contributed by atoms with van der Waals surface area (Å²) >= 11 is 0. The number of fused-ring (bicyclic) bond motifs is 1. The third-order valence-electron chi connectivity index (χ3n) is 4.98. The zero-order valence-corrected chi connectivity index (χ0v) is 15.9. The highest BCUT2D eigenvalue weighted by molar-refractivity contribution is 5.94. The average molecular weight is 369 g/mol. The molecule has 4 rings (SSSR count). The zero-order chi connectivity index (χ0) is 19.3. The van der Waals surface area contributed by atoms with E-state index < -0.39 is 0 Å². The number of rotatable bonds is 6. The molecule has 0 atom stereocenters. The Kier molecular flexibility index (Phi) is 5.20. The van der Waals surface area contributed by atoms with Crippen molar-refractivity contribution in [3.8, 4) is 0 Å². The maximum absolute atomic E-state index is 12.3. The van der Waals surface area contributed by atoms with Gasteiger partial charge in [0.1, 0.15) is 0 Å². The van der Waals surface area contributed by atoms with Gasteiger partial charge < -0.3 is 9.88 Å². The number of nitrogens with one attached hydrogen (secondary N) is 1. The lowest BCUT2D eigenvalue weighted by molar-refractivity contribution is 0.0951. The summed E-state index contributed by atoms with van der Waals surface area (Å²) in [5, 5.41) is 2.99. The molecule has 0 spiro atoms. The lowest BCUT2D eigenvalue weighted by atomic mass is 10.1. The maximum Gasteiger partial charge on any atom is 0.251 e. The standard InChI is InChI=1S/C24H23N3O/c1-2-18-11-13-21(14-12-18)24(28)25-15-19-7-9-20(10-8-19)16-27-17-26-22-5-3-4-6-23(22)27/h3-14,17H,2,15-16H2,1H3,(H,25,28). The molecule has 1 N–H and O–H groups in total. The number of aromatic nitrogens is 2. The van der Waals surface area contributed by atoms with Crippen molar-refractivity contribution >= 4 is 16.9 Å². The number of benzene rings is 3. The van der Waals surface area contributed by atoms with Crippen LogP contribution in [0.15, 0.2) is 79.1 Å². The van der Waals surface area contributed by atoms with Gasteiger partial charge in [0.15, 0.2) is 0 Å². The van der Waals surface area contributed by atoms with Crippen molar-refractivity contribution in [1.29, 1.82) is 0 Å². The van der Waals surface area contributed by atoms with Gasteiger partial charge in [-0.15, -0.1) is 0 Å². The molecule has 0 saturated carbocycles. The molecule has 4 heteroatoms. The number of imidazole rings is 1. The van der Waals surface area contributed by atoms with E-state index in [0.717, 1.165) is 29.6 Å². The fourth-order valence-electron chi connectivity index (χ4n) is 3.27. The first-order chi connectivity index (χ1) is 13.7. The minimum atomic E-state index is -0.0448. The smallest absolute Gasteiger partial charge is 0.251 e. The summed E-state index contributed by atoms with van der Waals surface area (Å²) in [6.07, 6.45) is 2.85. The van der Waals surface area contributed by atoms with Gasteiger partial charge in [0.2, 0.25) is 0 Å². The molecule has 3 aromatic carbocycles. The first-order valence-electron chi connectivity index (χ1n) is 9.58. The predicted molar refractivity (Wildman–Crippen MR) is 112 cm³/mol. The minimum Gasteiger partial charge on any atom is -0.348 e. The van der Waals surface area contributed by atoms with Crippen molar-refractivity contribution in [2.45, 2.75) is 26.4 Å². The van der Waals surface area contributed by atoms with Gasteiger partial charge in [-0.3, -0.25) is 4.79 Å². The Morgan fingerprint density at radius 1 is 0.893 bits per heavy atom. The molecular formula is C24H23N3O. The molecule has 28 heavy (non-hydrogen) atoms. The van der Waals surface area contributed by atoms with Crippen LogP contribution in [0.1, 0.15) is 34.0 Å². The Hall–Kier alpha value is -3.40. The Labute approximate surface area is 164 Å². The molecule has 0 bridgehead atoms. The summed E-state index contributed by atoms with van der Waals surface area (Å²) < 4.78 is 2.14. The molecule has 0 fully saturated rings. The molecular weight excluding hydrogens is 346 g/mol. The van der Waals surface area contributed by atoms with E-state index in [1.165, 1.54) is 11.1 Å². The van der Waals surface area contributed by atoms with Crippen LogP contribution in [0.2, 0.25) is 0 Å². The molecule has 0 aliphatic heterocycles. The van der Waals surface area contributed by atoms with Gasteiger partial charge in [0.25, 0.3) is 5.91 Å². The van der Waals surface area contributed by atoms with E-state index in [4.69, 9.17) is 0 Å². The van der Waals surface area contributed by atoms with Crippen LogP contribution in [0.4, 0.5) is 0 Å². The Morgan fingerprint density at radius 2 is 1.57 bits per heavy atom. The van der Waals surface area contributed by atoms with Gasteiger partial charge in [-0.05, 0) is 47.4 Å². The van der Waals surface area contributed by atoms with Crippen molar-refractivity contribution < 1.29 is 4.79 Å². The largest absolute Gasteiger partial charge is 0.348 e. The van der Waals surface area contributed by atoms with Crippen LogP contribution in [0.3, 0.4) is 0 Å². The molecule has 0 aliphatic rings. The van der Waals surface area contributed by atoms with Gasteiger partial charge in [0.05, 0.1) is 17.4 Å².